The Morgan fingerprint density at radius 1 is 1.14 bits per heavy atom. The number of aryl methyl sites for hydroxylation is 1. The molecule has 146 valence electrons. The minimum absolute atomic E-state index is 0.173. The first-order valence-electron chi connectivity index (χ1n) is 8.62. The van der Waals surface area contributed by atoms with Gasteiger partial charge in [-0.1, -0.05) is 46.9 Å². The van der Waals surface area contributed by atoms with Crippen molar-refractivity contribution in [2.24, 2.45) is 0 Å². The first-order valence-corrected chi connectivity index (χ1v) is 9.75. The van der Waals surface area contributed by atoms with Crippen molar-refractivity contribution in [1.82, 2.24) is 15.1 Å². The molecule has 0 unspecified atom stereocenters. The first-order chi connectivity index (χ1) is 13.5. The van der Waals surface area contributed by atoms with E-state index < -0.39 is 0 Å². The van der Waals surface area contributed by atoms with Gasteiger partial charge in [-0.05, 0) is 36.8 Å². The van der Waals surface area contributed by atoms with Gasteiger partial charge in [0.2, 0.25) is 0 Å². The summed E-state index contributed by atoms with van der Waals surface area (Å²) >= 11 is 18.2. The number of benzene rings is 2. The summed E-state index contributed by atoms with van der Waals surface area (Å²) < 4.78 is 7.53. The van der Waals surface area contributed by atoms with Gasteiger partial charge in [0.25, 0.3) is 5.91 Å². The molecule has 5 nitrogen and oxygen atoms in total. The normalized spacial score (nSPS) is 10.7. The molecular weight excluding hydrogens is 421 g/mol. The van der Waals surface area contributed by atoms with E-state index in [0.717, 1.165) is 17.7 Å². The third-order valence-electron chi connectivity index (χ3n) is 4.00. The second-order valence-electron chi connectivity index (χ2n) is 6.07. The van der Waals surface area contributed by atoms with E-state index in [2.05, 4.69) is 10.4 Å². The van der Waals surface area contributed by atoms with Gasteiger partial charge in [-0.2, -0.15) is 5.10 Å². The molecule has 0 aliphatic rings. The lowest BCUT2D eigenvalue weighted by Crippen LogP contribution is -2.22. The van der Waals surface area contributed by atoms with Crippen LogP contribution in [0.15, 0.2) is 48.8 Å². The average Bonchev–Trinajstić information content (AvgIpc) is 3.13. The number of halogens is 3. The lowest BCUT2D eigenvalue weighted by atomic mass is 10.1. The number of amides is 1. The number of hydrogen-bond donors (Lipinski definition) is 1. The number of ether oxygens (including phenoxy) is 1. The van der Waals surface area contributed by atoms with E-state index in [9.17, 15) is 4.79 Å². The highest BCUT2D eigenvalue weighted by Gasteiger charge is 2.11. The molecule has 0 aliphatic carbocycles. The van der Waals surface area contributed by atoms with Crippen LogP contribution in [0, 0.1) is 0 Å². The summed E-state index contributed by atoms with van der Waals surface area (Å²) in [5.74, 6) is 0.184. The van der Waals surface area contributed by atoms with E-state index in [1.54, 1.807) is 36.5 Å². The van der Waals surface area contributed by atoms with Gasteiger partial charge in [0.1, 0.15) is 6.61 Å². The van der Waals surface area contributed by atoms with Crippen LogP contribution in [0.3, 0.4) is 0 Å². The fourth-order valence-electron chi connectivity index (χ4n) is 2.58. The maximum atomic E-state index is 12.4. The minimum Gasteiger partial charge on any atom is -0.486 e. The molecule has 0 saturated heterocycles. The summed E-state index contributed by atoms with van der Waals surface area (Å²) in [6, 6.07) is 10.3. The summed E-state index contributed by atoms with van der Waals surface area (Å²) in [7, 11) is 0. The van der Waals surface area contributed by atoms with E-state index in [0.29, 0.717) is 32.9 Å². The number of aromatic nitrogens is 2. The molecule has 8 heteroatoms. The van der Waals surface area contributed by atoms with E-state index in [1.165, 1.54) is 0 Å². The third-order valence-corrected chi connectivity index (χ3v) is 4.78. The van der Waals surface area contributed by atoms with Crippen LogP contribution in [0.4, 0.5) is 0 Å². The Labute approximate surface area is 178 Å². The Kier molecular flexibility index (Phi) is 6.83. The summed E-state index contributed by atoms with van der Waals surface area (Å²) in [5.41, 5.74) is 2.30. The fourth-order valence-corrected chi connectivity index (χ4v) is 3.51. The van der Waals surface area contributed by atoms with Gasteiger partial charge >= 0.3 is 0 Å². The van der Waals surface area contributed by atoms with Crippen molar-refractivity contribution in [2.45, 2.75) is 26.6 Å². The maximum absolute atomic E-state index is 12.4. The van der Waals surface area contributed by atoms with Crippen LogP contribution in [0.2, 0.25) is 15.1 Å². The van der Waals surface area contributed by atoms with Crippen LogP contribution < -0.4 is 10.1 Å². The van der Waals surface area contributed by atoms with Crippen molar-refractivity contribution in [1.29, 1.82) is 0 Å². The summed E-state index contributed by atoms with van der Waals surface area (Å²) in [4.78, 5) is 12.4. The zero-order chi connectivity index (χ0) is 20.1. The van der Waals surface area contributed by atoms with Gasteiger partial charge in [-0.15, -0.1) is 0 Å². The predicted molar refractivity (Wildman–Crippen MR) is 111 cm³/mol. The van der Waals surface area contributed by atoms with Gasteiger partial charge < -0.3 is 10.1 Å². The molecular formula is C20H18Cl3N3O2. The lowest BCUT2D eigenvalue weighted by Gasteiger charge is -2.11. The quantitative estimate of drug-likeness (QED) is 0.539. The fraction of sp³-hybridized carbons (Fsp3) is 0.200. The largest absolute Gasteiger partial charge is 0.486 e. The van der Waals surface area contributed by atoms with Gasteiger partial charge in [-0.3, -0.25) is 9.48 Å². The lowest BCUT2D eigenvalue weighted by molar-refractivity contribution is 0.0950. The molecule has 0 bridgehead atoms. The molecule has 3 aromatic rings. The molecule has 0 saturated carbocycles. The number of nitrogens with zero attached hydrogens (tertiary/aromatic N) is 2. The average molecular weight is 439 g/mol. The van der Waals surface area contributed by atoms with E-state index in [4.69, 9.17) is 39.5 Å². The Bertz CT molecular complexity index is 965. The van der Waals surface area contributed by atoms with Gasteiger partial charge in [0, 0.05) is 35.4 Å². The summed E-state index contributed by atoms with van der Waals surface area (Å²) in [5, 5.41) is 8.18. The van der Waals surface area contributed by atoms with Crippen LogP contribution in [0.25, 0.3) is 0 Å². The Morgan fingerprint density at radius 2 is 1.89 bits per heavy atom. The van der Waals surface area contributed by atoms with Crippen molar-refractivity contribution in [2.75, 3.05) is 0 Å². The van der Waals surface area contributed by atoms with Crippen LogP contribution in [-0.4, -0.2) is 15.7 Å². The van der Waals surface area contributed by atoms with Crippen LogP contribution in [-0.2, 0) is 19.7 Å². The second kappa shape index (κ2) is 9.32. The van der Waals surface area contributed by atoms with Crippen molar-refractivity contribution < 1.29 is 9.53 Å². The molecule has 2 aromatic carbocycles. The molecule has 0 atom stereocenters. The Balaban J connectivity index is 1.62. The molecule has 1 N–H and O–H groups in total. The molecule has 3 rings (SSSR count). The summed E-state index contributed by atoms with van der Waals surface area (Å²) in [6.45, 7) is 3.42. The third kappa shape index (κ3) is 5.19. The standard InChI is InChI=1S/C20H18Cl3N3O2/c1-2-26-11-14(10-25-26)9-24-20(27)15-5-3-4-13(6-15)12-28-19-17(22)7-16(21)8-18(19)23/h3-8,10-11H,2,9,12H2,1H3,(H,24,27). The molecule has 28 heavy (non-hydrogen) atoms. The highest BCUT2D eigenvalue weighted by atomic mass is 35.5. The second-order valence-corrected chi connectivity index (χ2v) is 7.33. The number of carbonyl (C=O) groups excluding carboxylic acids is 1. The molecule has 0 radical (unpaired) electrons. The number of hydrogen-bond acceptors (Lipinski definition) is 3. The van der Waals surface area contributed by atoms with Crippen molar-refractivity contribution in [3.8, 4) is 5.75 Å². The molecule has 1 heterocycles. The van der Waals surface area contributed by atoms with Crippen molar-refractivity contribution >= 4 is 40.7 Å². The van der Waals surface area contributed by atoms with E-state index >= 15 is 0 Å². The predicted octanol–water partition coefficient (Wildman–Crippen LogP) is 5.37. The van der Waals surface area contributed by atoms with Gasteiger partial charge in [0.15, 0.2) is 5.75 Å². The maximum Gasteiger partial charge on any atom is 0.251 e. The SMILES string of the molecule is CCn1cc(CNC(=O)c2cccc(COc3c(Cl)cc(Cl)cc3Cl)c2)cn1. The van der Waals surface area contributed by atoms with Crippen molar-refractivity contribution in [3.63, 3.8) is 0 Å². The molecule has 1 aromatic heterocycles. The van der Waals surface area contributed by atoms with E-state index in [1.807, 2.05) is 23.9 Å². The minimum atomic E-state index is -0.173. The Hall–Kier alpha value is -2.21. The van der Waals surface area contributed by atoms with Gasteiger partial charge in [0.05, 0.1) is 16.2 Å². The zero-order valence-corrected chi connectivity index (χ0v) is 17.4. The molecule has 0 aliphatic heterocycles. The highest BCUT2D eigenvalue weighted by Crippen LogP contribution is 2.36. The van der Waals surface area contributed by atoms with E-state index in [-0.39, 0.29) is 12.5 Å². The van der Waals surface area contributed by atoms with Crippen LogP contribution in [0.5, 0.6) is 5.75 Å². The Morgan fingerprint density at radius 3 is 2.57 bits per heavy atom. The topological polar surface area (TPSA) is 56.2 Å². The monoisotopic (exact) mass is 437 g/mol. The molecule has 0 spiro atoms. The van der Waals surface area contributed by atoms with Gasteiger partial charge in [-0.25, -0.2) is 0 Å². The first kappa shape index (κ1) is 20.5. The van der Waals surface area contributed by atoms with Crippen LogP contribution >= 0.6 is 34.8 Å². The number of nitrogens with one attached hydrogen (secondary N) is 1. The number of carbonyl (C=O) groups is 1. The molecule has 0 fully saturated rings. The molecule has 1 amide bonds. The van der Waals surface area contributed by atoms with Crippen molar-refractivity contribution in [3.05, 3.63) is 80.6 Å². The smallest absolute Gasteiger partial charge is 0.251 e. The van der Waals surface area contributed by atoms with Crippen LogP contribution in [0.1, 0.15) is 28.4 Å². The zero-order valence-electron chi connectivity index (χ0n) is 15.1. The number of rotatable bonds is 7. The highest BCUT2D eigenvalue weighted by molar-refractivity contribution is 6.40. The summed E-state index contributed by atoms with van der Waals surface area (Å²) in [6.07, 6.45) is 3.65.